The first-order chi connectivity index (χ1) is 13.3. The van der Waals surface area contributed by atoms with Gasteiger partial charge in [0.1, 0.15) is 11.6 Å². The molecule has 144 valence electrons. The molecule has 0 spiro atoms. The van der Waals surface area contributed by atoms with Gasteiger partial charge in [-0.3, -0.25) is 4.79 Å². The highest BCUT2D eigenvalue weighted by Crippen LogP contribution is 2.38. The molecule has 5 nitrogen and oxygen atoms in total. The van der Waals surface area contributed by atoms with Gasteiger partial charge in [-0.05, 0) is 63.8 Å². The van der Waals surface area contributed by atoms with Gasteiger partial charge in [0, 0.05) is 23.0 Å². The second-order valence-electron chi connectivity index (χ2n) is 7.42. The maximum absolute atomic E-state index is 12.4. The summed E-state index contributed by atoms with van der Waals surface area (Å²) in [5.41, 5.74) is 5.29. The zero-order valence-electron chi connectivity index (χ0n) is 16.7. The van der Waals surface area contributed by atoms with E-state index >= 15 is 0 Å². The molecule has 1 heterocycles. The van der Waals surface area contributed by atoms with E-state index in [1.807, 2.05) is 52.0 Å². The molecule has 1 saturated carbocycles. The molecule has 0 saturated heterocycles. The summed E-state index contributed by atoms with van der Waals surface area (Å²) in [6, 6.07) is 9.88. The van der Waals surface area contributed by atoms with Gasteiger partial charge >= 0.3 is 5.97 Å². The summed E-state index contributed by atoms with van der Waals surface area (Å²) in [4.78, 5) is 24.7. The number of esters is 1. The van der Waals surface area contributed by atoms with Gasteiger partial charge in [0.25, 0.3) is 0 Å². The number of rotatable bonds is 6. The number of hydrogen-bond acceptors (Lipinski definition) is 4. The Bertz CT molecular complexity index is 1020. The fourth-order valence-electron chi connectivity index (χ4n) is 3.55. The van der Waals surface area contributed by atoms with E-state index in [0.29, 0.717) is 11.6 Å². The van der Waals surface area contributed by atoms with Crippen LogP contribution >= 0.6 is 0 Å². The number of benzene rings is 1. The van der Waals surface area contributed by atoms with Crippen LogP contribution in [0.15, 0.2) is 29.8 Å². The molecule has 28 heavy (non-hydrogen) atoms. The van der Waals surface area contributed by atoms with Gasteiger partial charge in [0.15, 0.2) is 6.61 Å². The molecule has 1 fully saturated rings. The van der Waals surface area contributed by atoms with Crippen LogP contribution in [0.25, 0.3) is 6.08 Å². The van der Waals surface area contributed by atoms with Gasteiger partial charge in [-0.15, -0.1) is 0 Å². The predicted octanol–water partition coefficient (Wildman–Crippen LogP) is 4.39. The maximum atomic E-state index is 12.4. The molecule has 0 atom stereocenters. The van der Waals surface area contributed by atoms with E-state index < -0.39 is 5.97 Å². The second-order valence-corrected chi connectivity index (χ2v) is 7.42. The van der Waals surface area contributed by atoms with E-state index in [-0.39, 0.29) is 18.0 Å². The smallest absolute Gasteiger partial charge is 0.349 e. The average Bonchev–Trinajstić information content (AvgIpc) is 3.43. The van der Waals surface area contributed by atoms with Crippen LogP contribution in [0.4, 0.5) is 0 Å². The molecule has 1 aromatic carbocycles. The molecule has 1 aliphatic carbocycles. The lowest BCUT2D eigenvalue weighted by Gasteiger charge is -2.08. The highest BCUT2D eigenvalue weighted by atomic mass is 16.5. The standard InChI is InChI=1S/C23H24N2O3/c1-14-5-8-21(15(2)9-14)22(26)13-28-23(27)19(12-24)11-18-10-16(3)25(17(18)4)20-6-7-20/h5,8-11,20H,6-7,13H2,1-4H3/b19-11+. The van der Waals surface area contributed by atoms with Gasteiger partial charge in [0.2, 0.25) is 5.78 Å². The van der Waals surface area contributed by atoms with Crippen molar-refractivity contribution >= 4 is 17.8 Å². The number of nitriles is 1. The summed E-state index contributed by atoms with van der Waals surface area (Å²) < 4.78 is 7.37. The summed E-state index contributed by atoms with van der Waals surface area (Å²) in [6.07, 6.45) is 3.87. The van der Waals surface area contributed by atoms with E-state index in [1.165, 1.54) is 0 Å². The largest absolute Gasteiger partial charge is 0.453 e. The van der Waals surface area contributed by atoms with Crippen molar-refractivity contribution in [3.05, 3.63) is 63.5 Å². The Kier molecular flexibility index (Phi) is 5.51. The molecular formula is C23H24N2O3. The van der Waals surface area contributed by atoms with Crippen LogP contribution in [0.1, 0.15) is 57.3 Å². The average molecular weight is 376 g/mol. The number of aryl methyl sites for hydroxylation is 3. The van der Waals surface area contributed by atoms with Crippen LogP contribution in [0.2, 0.25) is 0 Å². The normalized spacial score (nSPS) is 13.9. The van der Waals surface area contributed by atoms with Crippen LogP contribution in [-0.2, 0) is 9.53 Å². The first-order valence-electron chi connectivity index (χ1n) is 9.39. The first kappa shape index (κ1) is 19.6. The van der Waals surface area contributed by atoms with Crippen molar-refractivity contribution in [2.24, 2.45) is 0 Å². The van der Waals surface area contributed by atoms with Crippen molar-refractivity contribution in [2.45, 2.75) is 46.6 Å². The van der Waals surface area contributed by atoms with E-state index in [0.717, 1.165) is 40.9 Å². The molecule has 0 radical (unpaired) electrons. The van der Waals surface area contributed by atoms with Crippen molar-refractivity contribution in [1.82, 2.24) is 4.57 Å². The molecule has 0 amide bonds. The number of carbonyl (C=O) groups excluding carboxylic acids is 2. The Hall–Kier alpha value is -3.13. The van der Waals surface area contributed by atoms with Crippen LogP contribution in [0.5, 0.6) is 0 Å². The van der Waals surface area contributed by atoms with E-state index in [1.54, 1.807) is 12.1 Å². The van der Waals surface area contributed by atoms with E-state index in [2.05, 4.69) is 4.57 Å². The molecule has 3 rings (SSSR count). The minimum Gasteiger partial charge on any atom is -0.453 e. The molecule has 0 bridgehead atoms. The van der Waals surface area contributed by atoms with Crippen molar-refractivity contribution in [2.75, 3.05) is 6.61 Å². The lowest BCUT2D eigenvalue weighted by atomic mass is 10.0. The van der Waals surface area contributed by atoms with Gasteiger partial charge in [0.05, 0.1) is 0 Å². The maximum Gasteiger partial charge on any atom is 0.349 e. The van der Waals surface area contributed by atoms with Crippen molar-refractivity contribution < 1.29 is 14.3 Å². The minimum absolute atomic E-state index is 0.107. The SMILES string of the molecule is Cc1ccc(C(=O)COC(=O)/C(C#N)=C/c2cc(C)n(C3CC3)c2C)c(C)c1. The number of ketones is 1. The number of hydrogen-bond donors (Lipinski definition) is 0. The Labute approximate surface area is 165 Å². The van der Waals surface area contributed by atoms with E-state index in [4.69, 9.17) is 4.74 Å². The molecule has 0 aliphatic heterocycles. The van der Waals surface area contributed by atoms with Gasteiger partial charge in [-0.2, -0.15) is 5.26 Å². The summed E-state index contributed by atoms with van der Waals surface area (Å²) in [7, 11) is 0. The zero-order valence-corrected chi connectivity index (χ0v) is 16.7. The van der Waals surface area contributed by atoms with Gasteiger partial charge in [-0.25, -0.2) is 4.79 Å². The molecule has 1 aliphatic rings. The molecule has 2 aromatic rings. The lowest BCUT2D eigenvalue weighted by Crippen LogP contribution is -2.16. The van der Waals surface area contributed by atoms with Crippen LogP contribution in [0, 0.1) is 39.0 Å². The van der Waals surface area contributed by atoms with Crippen molar-refractivity contribution in [3.8, 4) is 6.07 Å². The monoisotopic (exact) mass is 376 g/mol. The Morgan fingerprint density at radius 1 is 1.21 bits per heavy atom. The fourth-order valence-corrected chi connectivity index (χ4v) is 3.55. The van der Waals surface area contributed by atoms with Crippen LogP contribution in [-0.4, -0.2) is 22.9 Å². The molecule has 1 aromatic heterocycles. The van der Waals surface area contributed by atoms with Gasteiger partial charge in [-0.1, -0.05) is 23.8 Å². The van der Waals surface area contributed by atoms with E-state index in [9.17, 15) is 14.9 Å². The Balaban J connectivity index is 1.72. The molecule has 0 unspecified atom stereocenters. The fraction of sp³-hybridized carbons (Fsp3) is 0.348. The predicted molar refractivity (Wildman–Crippen MR) is 107 cm³/mol. The summed E-state index contributed by atoms with van der Waals surface area (Å²) in [6.45, 7) is 7.42. The third kappa shape index (κ3) is 4.07. The summed E-state index contributed by atoms with van der Waals surface area (Å²) in [5, 5.41) is 9.39. The molecule has 0 N–H and O–H groups in total. The summed E-state index contributed by atoms with van der Waals surface area (Å²) in [5.74, 6) is -1.06. The highest BCUT2D eigenvalue weighted by molar-refractivity contribution is 6.02. The van der Waals surface area contributed by atoms with Gasteiger partial charge < -0.3 is 9.30 Å². The number of Topliss-reactive ketones (excluding diaryl/α,β-unsaturated/α-hetero) is 1. The molecule has 5 heteroatoms. The third-order valence-corrected chi connectivity index (χ3v) is 5.09. The third-order valence-electron chi connectivity index (χ3n) is 5.09. The number of ether oxygens (including phenoxy) is 1. The first-order valence-corrected chi connectivity index (χ1v) is 9.39. The Morgan fingerprint density at radius 2 is 1.93 bits per heavy atom. The Morgan fingerprint density at radius 3 is 2.54 bits per heavy atom. The highest BCUT2D eigenvalue weighted by Gasteiger charge is 2.27. The topological polar surface area (TPSA) is 72.1 Å². The number of carbonyl (C=O) groups is 2. The minimum atomic E-state index is -0.781. The zero-order chi connectivity index (χ0) is 20.4. The lowest BCUT2D eigenvalue weighted by molar-refractivity contribution is -0.137. The van der Waals surface area contributed by atoms with Crippen LogP contribution in [0.3, 0.4) is 0 Å². The number of aromatic nitrogens is 1. The summed E-state index contributed by atoms with van der Waals surface area (Å²) >= 11 is 0. The quantitative estimate of drug-likeness (QED) is 0.324. The van der Waals surface area contributed by atoms with Crippen molar-refractivity contribution in [1.29, 1.82) is 5.26 Å². The van der Waals surface area contributed by atoms with Crippen LogP contribution < -0.4 is 0 Å². The number of nitrogens with zero attached hydrogens (tertiary/aromatic N) is 2. The van der Waals surface area contributed by atoms with Crippen molar-refractivity contribution in [3.63, 3.8) is 0 Å². The molecular weight excluding hydrogens is 352 g/mol. The second kappa shape index (κ2) is 7.85.